The van der Waals surface area contributed by atoms with E-state index in [-0.39, 0.29) is 11.9 Å². The Morgan fingerprint density at radius 3 is 2.54 bits per heavy atom. The minimum Gasteiger partial charge on any atom is -0.372 e. The zero-order valence-corrected chi connectivity index (χ0v) is 14.6. The molecule has 1 saturated heterocycles. The quantitative estimate of drug-likeness (QED) is 0.805. The molecule has 0 spiro atoms. The van der Waals surface area contributed by atoms with Crippen molar-refractivity contribution in [2.75, 3.05) is 23.7 Å². The molecule has 5 nitrogen and oxygen atoms in total. The molecule has 6 heteroatoms. The van der Waals surface area contributed by atoms with Crippen molar-refractivity contribution >= 4 is 15.5 Å². The molecule has 1 fully saturated rings. The molecule has 1 aromatic carbocycles. The fourth-order valence-corrected chi connectivity index (χ4v) is 3.71. The standard InChI is InChI=1S/C18H22N2O3S/c1-2-24(21,22)18-5-3-16(4-6-18)20-12-9-17(13-20)23-14-15-7-10-19-11-8-15/h3-8,10-11,17H,2,9,12-14H2,1H3. The lowest BCUT2D eigenvalue weighted by Gasteiger charge is -2.19. The maximum absolute atomic E-state index is 11.9. The molecule has 0 radical (unpaired) electrons. The van der Waals surface area contributed by atoms with Gasteiger partial charge < -0.3 is 9.64 Å². The molecule has 1 aromatic heterocycles. The summed E-state index contributed by atoms with van der Waals surface area (Å²) in [6, 6.07) is 11.1. The Bertz CT molecular complexity index is 761. The Morgan fingerprint density at radius 1 is 1.17 bits per heavy atom. The summed E-state index contributed by atoms with van der Waals surface area (Å²) < 4.78 is 29.7. The first-order chi connectivity index (χ1) is 11.6. The molecular formula is C18H22N2O3S. The van der Waals surface area contributed by atoms with E-state index in [0.29, 0.717) is 11.5 Å². The van der Waals surface area contributed by atoms with Gasteiger partial charge in [0, 0.05) is 31.2 Å². The fraction of sp³-hybridized carbons (Fsp3) is 0.389. The normalized spacial score (nSPS) is 18.0. The van der Waals surface area contributed by atoms with Crippen molar-refractivity contribution < 1.29 is 13.2 Å². The molecule has 1 unspecified atom stereocenters. The SMILES string of the molecule is CCS(=O)(=O)c1ccc(N2CCC(OCc3ccncc3)C2)cc1. The van der Waals surface area contributed by atoms with Gasteiger partial charge in [-0.05, 0) is 48.4 Å². The summed E-state index contributed by atoms with van der Waals surface area (Å²) in [6.45, 7) is 4.00. The van der Waals surface area contributed by atoms with Gasteiger partial charge in [0.15, 0.2) is 9.84 Å². The summed E-state index contributed by atoms with van der Waals surface area (Å²) in [5.41, 5.74) is 2.16. The predicted molar refractivity (Wildman–Crippen MR) is 93.8 cm³/mol. The van der Waals surface area contributed by atoms with Crippen LogP contribution in [-0.4, -0.2) is 38.3 Å². The lowest BCUT2D eigenvalue weighted by molar-refractivity contribution is 0.0553. The first-order valence-corrected chi connectivity index (χ1v) is 9.82. The first-order valence-electron chi connectivity index (χ1n) is 8.17. The summed E-state index contributed by atoms with van der Waals surface area (Å²) in [6.07, 6.45) is 4.70. The number of anilines is 1. The second kappa shape index (κ2) is 7.32. The molecule has 0 amide bonds. The highest BCUT2D eigenvalue weighted by atomic mass is 32.2. The van der Waals surface area contributed by atoms with Crippen molar-refractivity contribution in [3.8, 4) is 0 Å². The Hall–Kier alpha value is -1.92. The van der Waals surface area contributed by atoms with Crippen molar-refractivity contribution in [1.29, 1.82) is 0 Å². The van der Waals surface area contributed by atoms with Gasteiger partial charge in [-0.15, -0.1) is 0 Å². The Morgan fingerprint density at radius 2 is 1.88 bits per heavy atom. The number of hydrogen-bond donors (Lipinski definition) is 0. The van der Waals surface area contributed by atoms with Crippen LogP contribution < -0.4 is 4.90 Å². The summed E-state index contributed by atoms with van der Waals surface area (Å²) in [5.74, 6) is 0.126. The zero-order valence-electron chi connectivity index (χ0n) is 13.8. The van der Waals surface area contributed by atoms with Crippen molar-refractivity contribution in [3.05, 3.63) is 54.4 Å². The lowest BCUT2D eigenvalue weighted by Crippen LogP contribution is -2.22. The molecule has 1 atom stereocenters. The van der Waals surface area contributed by atoms with Gasteiger partial charge in [0.2, 0.25) is 0 Å². The lowest BCUT2D eigenvalue weighted by atomic mass is 10.3. The highest BCUT2D eigenvalue weighted by Crippen LogP contribution is 2.24. The summed E-state index contributed by atoms with van der Waals surface area (Å²) in [5, 5.41) is 0. The van der Waals surface area contributed by atoms with E-state index in [9.17, 15) is 8.42 Å². The molecule has 24 heavy (non-hydrogen) atoms. The number of aromatic nitrogens is 1. The van der Waals surface area contributed by atoms with Crippen molar-refractivity contribution in [2.24, 2.45) is 0 Å². The molecule has 1 aliphatic heterocycles. The second-order valence-electron chi connectivity index (χ2n) is 5.92. The molecule has 0 aliphatic carbocycles. The van der Waals surface area contributed by atoms with Gasteiger partial charge in [0.25, 0.3) is 0 Å². The third-order valence-electron chi connectivity index (χ3n) is 4.32. The number of rotatable bonds is 6. The second-order valence-corrected chi connectivity index (χ2v) is 8.20. The first kappa shape index (κ1) is 16.9. The molecule has 2 aromatic rings. The van der Waals surface area contributed by atoms with E-state index in [1.807, 2.05) is 24.3 Å². The maximum atomic E-state index is 11.9. The Labute approximate surface area is 143 Å². The third-order valence-corrected chi connectivity index (χ3v) is 6.07. The molecule has 3 rings (SSSR count). The highest BCUT2D eigenvalue weighted by molar-refractivity contribution is 7.91. The van der Waals surface area contributed by atoms with E-state index >= 15 is 0 Å². The van der Waals surface area contributed by atoms with Crippen LogP contribution >= 0.6 is 0 Å². The van der Waals surface area contributed by atoms with Crippen LogP contribution in [-0.2, 0) is 21.2 Å². The van der Waals surface area contributed by atoms with Crippen LogP contribution in [0.2, 0.25) is 0 Å². The number of pyridine rings is 1. The van der Waals surface area contributed by atoms with E-state index in [1.54, 1.807) is 31.5 Å². The maximum Gasteiger partial charge on any atom is 0.178 e. The van der Waals surface area contributed by atoms with E-state index in [4.69, 9.17) is 4.74 Å². The molecular weight excluding hydrogens is 324 g/mol. The van der Waals surface area contributed by atoms with Gasteiger partial charge in [-0.2, -0.15) is 0 Å². The topological polar surface area (TPSA) is 59.5 Å². The summed E-state index contributed by atoms with van der Waals surface area (Å²) in [4.78, 5) is 6.62. The van der Waals surface area contributed by atoms with Crippen molar-refractivity contribution in [2.45, 2.75) is 31.0 Å². The van der Waals surface area contributed by atoms with Crippen LogP contribution in [0.4, 0.5) is 5.69 Å². The number of nitrogens with zero attached hydrogens (tertiary/aromatic N) is 2. The monoisotopic (exact) mass is 346 g/mol. The Balaban J connectivity index is 1.57. The molecule has 0 N–H and O–H groups in total. The van der Waals surface area contributed by atoms with Crippen LogP contribution in [0.5, 0.6) is 0 Å². The Kier molecular flexibility index (Phi) is 5.16. The number of hydrogen-bond acceptors (Lipinski definition) is 5. The molecule has 0 saturated carbocycles. The van der Waals surface area contributed by atoms with Crippen molar-refractivity contribution in [3.63, 3.8) is 0 Å². The number of ether oxygens (including phenoxy) is 1. The van der Waals surface area contributed by atoms with Gasteiger partial charge >= 0.3 is 0 Å². The van der Waals surface area contributed by atoms with E-state index < -0.39 is 9.84 Å². The van der Waals surface area contributed by atoms with Crippen LogP contribution in [0, 0.1) is 0 Å². The smallest absolute Gasteiger partial charge is 0.178 e. The molecule has 128 valence electrons. The average molecular weight is 346 g/mol. The van der Waals surface area contributed by atoms with Gasteiger partial charge in [0.1, 0.15) is 0 Å². The predicted octanol–water partition coefficient (Wildman–Crippen LogP) is 2.67. The largest absolute Gasteiger partial charge is 0.372 e. The van der Waals surface area contributed by atoms with Crippen LogP contribution in [0.1, 0.15) is 18.9 Å². The van der Waals surface area contributed by atoms with E-state index in [2.05, 4.69) is 9.88 Å². The van der Waals surface area contributed by atoms with Crippen LogP contribution in [0.25, 0.3) is 0 Å². The van der Waals surface area contributed by atoms with Crippen LogP contribution in [0.3, 0.4) is 0 Å². The van der Waals surface area contributed by atoms with Crippen molar-refractivity contribution in [1.82, 2.24) is 4.98 Å². The zero-order chi connectivity index (χ0) is 17.0. The van der Waals surface area contributed by atoms with Gasteiger partial charge in [0.05, 0.1) is 23.4 Å². The minimum absolute atomic E-state index is 0.126. The summed E-state index contributed by atoms with van der Waals surface area (Å²) in [7, 11) is -3.14. The molecule has 2 heterocycles. The summed E-state index contributed by atoms with van der Waals surface area (Å²) >= 11 is 0. The van der Waals surface area contributed by atoms with E-state index in [1.165, 1.54) is 0 Å². The van der Waals surface area contributed by atoms with Gasteiger partial charge in [-0.1, -0.05) is 6.92 Å². The third kappa shape index (κ3) is 3.94. The van der Waals surface area contributed by atoms with Crippen LogP contribution in [0.15, 0.2) is 53.7 Å². The van der Waals surface area contributed by atoms with Gasteiger partial charge in [-0.25, -0.2) is 8.42 Å². The fourth-order valence-electron chi connectivity index (χ4n) is 2.82. The number of sulfone groups is 1. The highest BCUT2D eigenvalue weighted by Gasteiger charge is 2.23. The minimum atomic E-state index is -3.14. The van der Waals surface area contributed by atoms with Gasteiger partial charge in [-0.3, -0.25) is 4.98 Å². The average Bonchev–Trinajstić information content (AvgIpc) is 3.10. The molecule has 0 bridgehead atoms. The number of benzene rings is 1. The van der Waals surface area contributed by atoms with E-state index in [0.717, 1.165) is 30.8 Å². The molecule has 1 aliphatic rings.